The highest BCUT2D eigenvalue weighted by atomic mass is 16.5. The average Bonchev–Trinajstić information content (AvgIpc) is 2.48. The predicted octanol–water partition coefficient (Wildman–Crippen LogP) is 3.37. The van der Waals surface area contributed by atoms with Crippen LogP contribution >= 0.6 is 0 Å². The van der Waals surface area contributed by atoms with Crippen molar-refractivity contribution >= 4 is 0 Å². The molecule has 3 N–H and O–H groups in total. The lowest BCUT2D eigenvalue weighted by Crippen LogP contribution is -2.30. The lowest BCUT2D eigenvalue weighted by atomic mass is 9.94. The number of benzene rings is 2. The number of hydrogen-bond donors (Lipinski definition) is 2. The summed E-state index contributed by atoms with van der Waals surface area (Å²) >= 11 is 0. The van der Waals surface area contributed by atoms with Crippen LogP contribution < -0.4 is 16.0 Å². The van der Waals surface area contributed by atoms with E-state index in [4.69, 9.17) is 10.6 Å². The van der Waals surface area contributed by atoms with Gasteiger partial charge in [-0.15, -0.1) is 0 Å². The Bertz CT molecular complexity index is 623. The summed E-state index contributed by atoms with van der Waals surface area (Å²) in [4.78, 5) is 0. The topological polar surface area (TPSA) is 47.3 Å². The van der Waals surface area contributed by atoms with E-state index in [1.165, 1.54) is 22.3 Å². The van der Waals surface area contributed by atoms with E-state index in [1.54, 1.807) is 7.11 Å². The summed E-state index contributed by atoms with van der Waals surface area (Å²) < 4.78 is 5.61. The minimum absolute atomic E-state index is 0.0287. The zero-order valence-electron chi connectivity index (χ0n) is 13.2. The van der Waals surface area contributed by atoms with Gasteiger partial charge < -0.3 is 4.74 Å². The molecule has 0 amide bonds. The van der Waals surface area contributed by atoms with Crippen molar-refractivity contribution < 1.29 is 4.74 Å². The van der Waals surface area contributed by atoms with Gasteiger partial charge in [0.1, 0.15) is 5.75 Å². The summed E-state index contributed by atoms with van der Waals surface area (Å²) in [6.45, 7) is 6.27. The summed E-state index contributed by atoms with van der Waals surface area (Å²) in [5.74, 6) is 6.72. The monoisotopic (exact) mass is 284 g/mol. The third kappa shape index (κ3) is 3.43. The van der Waals surface area contributed by atoms with Gasteiger partial charge in [-0.05, 0) is 43.9 Å². The van der Waals surface area contributed by atoms with Gasteiger partial charge in [-0.25, -0.2) is 0 Å². The van der Waals surface area contributed by atoms with E-state index >= 15 is 0 Å². The van der Waals surface area contributed by atoms with E-state index in [0.29, 0.717) is 0 Å². The third-order valence-corrected chi connectivity index (χ3v) is 4.01. The average molecular weight is 284 g/mol. The van der Waals surface area contributed by atoms with Crippen LogP contribution in [0.25, 0.3) is 0 Å². The SMILES string of the molecule is COc1c(C(Cc2cccc(C)c2)NN)ccc(C)c1C. The molecular weight excluding hydrogens is 260 g/mol. The zero-order valence-corrected chi connectivity index (χ0v) is 13.2. The summed E-state index contributed by atoms with van der Waals surface area (Å²) in [5, 5.41) is 0. The number of hydrazine groups is 1. The molecule has 0 spiro atoms. The Hall–Kier alpha value is -1.84. The standard InChI is InChI=1S/C18H24N2O/c1-12-6-5-7-15(10-12)11-17(20-19)16-9-8-13(2)14(3)18(16)21-4/h5-10,17,20H,11,19H2,1-4H3. The molecule has 0 bridgehead atoms. The number of aryl methyl sites for hydroxylation is 2. The predicted molar refractivity (Wildman–Crippen MR) is 87.4 cm³/mol. The second kappa shape index (κ2) is 6.74. The molecule has 21 heavy (non-hydrogen) atoms. The number of rotatable bonds is 5. The summed E-state index contributed by atoms with van der Waals surface area (Å²) in [7, 11) is 1.71. The molecule has 1 atom stereocenters. The molecule has 3 nitrogen and oxygen atoms in total. The lowest BCUT2D eigenvalue weighted by molar-refractivity contribution is 0.395. The Morgan fingerprint density at radius 2 is 1.90 bits per heavy atom. The Balaban J connectivity index is 2.36. The molecule has 0 radical (unpaired) electrons. The Morgan fingerprint density at radius 3 is 2.52 bits per heavy atom. The summed E-state index contributed by atoms with van der Waals surface area (Å²) in [5.41, 5.74) is 8.94. The smallest absolute Gasteiger partial charge is 0.126 e. The van der Waals surface area contributed by atoms with E-state index in [1.807, 2.05) is 0 Å². The van der Waals surface area contributed by atoms with Gasteiger partial charge in [0.15, 0.2) is 0 Å². The van der Waals surface area contributed by atoms with Crippen LogP contribution in [0.15, 0.2) is 36.4 Å². The summed E-state index contributed by atoms with van der Waals surface area (Å²) in [6.07, 6.45) is 0.830. The molecule has 0 aromatic heterocycles. The van der Waals surface area contributed by atoms with Crippen molar-refractivity contribution in [2.75, 3.05) is 7.11 Å². The van der Waals surface area contributed by atoms with Crippen LogP contribution in [0.3, 0.4) is 0 Å². The fourth-order valence-corrected chi connectivity index (χ4v) is 2.69. The van der Waals surface area contributed by atoms with Crippen molar-refractivity contribution in [1.82, 2.24) is 5.43 Å². The van der Waals surface area contributed by atoms with Crippen LogP contribution in [0.1, 0.15) is 33.9 Å². The lowest BCUT2D eigenvalue weighted by Gasteiger charge is -2.21. The highest BCUT2D eigenvalue weighted by molar-refractivity contribution is 5.47. The van der Waals surface area contributed by atoms with Gasteiger partial charge in [0.25, 0.3) is 0 Å². The molecule has 2 aromatic rings. The van der Waals surface area contributed by atoms with E-state index in [9.17, 15) is 0 Å². The zero-order chi connectivity index (χ0) is 15.4. The van der Waals surface area contributed by atoms with Crippen LogP contribution in [0.5, 0.6) is 5.75 Å². The second-order valence-electron chi connectivity index (χ2n) is 5.54. The molecule has 0 aliphatic heterocycles. The van der Waals surface area contributed by atoms with Crippen molar-refractivity contribution in [3.8, 4) is 5.75 Å². The van der Waals surface area contributed by atoms with Crippen molar-refractivity contribution in [2.45, 2.75) is 33.2 Å². The molecule has 0 aliphatic rings. The molecule has 0 saturated carbocycles. The maximum atomic E-state index is 5.80. The van der Waals surface area contributed by atoms with Crippen molar-refractivity contribution in [2.24, 2.45) is 5.84 Å². The Morgan fingerprint density at radius 1 is 1.14 bits per heavy atom. The molecule has 2 aromatic carbocycles. The molecular formula is C18H24N2O. The Kier molecular flexibility index (Phi) is 4.99. The normalized spacial score (nSPS) is 12.2. The van der Waals surface area contributed by atoms with Gasteiger partial charge in [-0.1, -0.05) is 42.0 Å². The minimum atomic E-state index is 0.0287. The number of nitrogens with one attached hydrogen (secondary N) is 1. The molecule has 0 saturated heterocycles. The van der Waals surface area contributed by atoms with Crippen LogP contribution in [0.4, 0.5) is 0 Å². The van der Waals surface area contributed by atoms with Crippen LogP contribution in [-0.4, -0.2) is 7.11 Å². The molecule has 3 heteroatoms. The number of methoxy groups -OCH3 is 1. The Labute approximate surface area is 127 Å². The first-order chi connectivity index (χ1) is 10.1. The van der Waals surface area contributed by atoms with Crippen LogP contribution in [0.2, 0.25) is 0 Å². The van der Waals surface area contributed by atoms with Gasteiger partial charge >= 0.3 is 0 Å². The van der Waals surface area contributed by atoms with Gasteiger partial charge in [0.2, 0.25) is 0 Å². The summed E-state index contributed by atoms with van der Waals surface area (Å²) in [6, 6.07) is 12.7. The molecule has 1 unspecified atom stereocenters. The molecule has 0 aliphatic carbocycles. The minimum Gasteiger partial charge on any atom is -0.496 e. The largest absolute Gasteiger partial charge is 0.496 e. The van der Waals surface area contributed by atoms with Crippen LogP contribution in [0, 0.1) is 20.8 Å². The maximum Gasteiger partial charge on any atom is 0.126 e. The van der Waals surface area contributed by atoms with Crippen molar-refractivity contribution in [3.63, 3.8) is 0 Å². The van der Waals surface area contributed by atoms with Crippen LogP contribution in [-0.2, 0) is 6.42 Å². The molecule has 0 fully saturated rings. The third-order valence-electron chi connectivity index (χ3n) is 4.01. The number of nitrogens with two attached hydrogens (primary N) is 1. The van der Waals surface area contributed by atoms with Crippen molar-refractivity contribution in [3.05, 3.63) is 64.2 Å². The first kappa shape index (κ1) is 15.5. The maximum absolute atomic E-state index is 5.80. The molecule has 2 rings (SSSR count). The fraction of sp³-hybridized carbons (Fsp3) is 0.333. The van der Waals surface area contributed by atoms with Gasteiger partial charge in [-0.3, -0.25) is 11.3 Å². The number of ether oxygens (including phenoxy) is 1. The van der Waals surface area contributed by atoms with E-state index in [0.717, 1.165) is 17.7 Å². The quantitative estimate of drug-likeness (QED) is 0.653. The highest BCUT2D eigenvalue weighted by Crippen LogP contribution is 2.32. The molecule has 0 heterocycles. The first-order valence-electron chi connectivity index (χ1n) is 7.22. The number of hydrogen-bond acceptors (Lipinski definition) is 3. The van der Waals surface area contributed by atoms with Gasteiger partial charge in [0.05, 0.1) is 13.2 Å². The molecule has 112 valence electrons. The van der Waals surface area contributed by atoms with Crippen molar-refractivity contribution in [1.29, 1.82) is 0 Å². The van der Waals surface area contributed by atoms with E-state index in [-0.39, 0.29) is 6.04 Å². The second-order valence-corrected chi connectivity index (χ2v) is 5.54. The highest BCUT2D eigenvalue weighted by Gasteiger charge is 2.18. The van der Waals surface area contributed by atoms with Gasteiger partial charge in [0, 0.05) is 5.56 Å². The van der Waals surface area contributed by atoms with Gasteiger partial charge in [-0.2, -0.15) is 0 Å². The van der Waals surface area contributed by atoms with E-state index in [2.05, 4.69) is 62.6 Å². The first-order valence-corrected chi connectivity index (χ1v) is 7.22. The van der Waals surface area contributed by atoms with E-state index < -0.39 is 0 Å². The fourth-order valence-electron chi connectivity index (χ4n) is 2.69.